The molecule has 0 radical (unpaired) electrons. The standard InChI is InChI=1S/C9H21IN2/c1-5-6-12(10)8-9(2)7-11(3)4/h9H,5-8H2,1-4H3. The quantitative estimate of drug-likeness (QED) is 0.545. The summed E-state index contributed by atoms with van der Waals surface area (Å²) in [5, 5.41) is 0. The van der Waals surface area contributed by atoms with Gasteiger partial charge in [0.05, 0.1) is 0 Å². The lowest BCUT2D eigenvalue weighted by atomic mass is 10.2. The summed E-state index contributed by atoms with van der Waals surface area (Å²) in [5.41, 5.74) is 0. The summed E-state index contributed by atoms with van der Waals surface area (Å²) in [7, 11) is 4.27. The molecule has 0 aromatic heterocycles. The van der Waals surface area contributed by atoms with Gasteiger partial charge in [-0.05, 0) is 26.4 Å². The van der Waals surface area contributed by atoms with Crippen molar-refractivity contribution in [1.29, 1.82) is 0 Å². The average molecular weight is 284 g/mol. The van der Waals surface area contributed by atoms with Gasteiger partial charge in [0.15, 0.2) is 0 Å². The van der Waals surface area contributed by atoms with Crippen molar-refractivity contribution >= 4 is 22.9 Å². The lowest BCUT2D eigenvalue weighted by Crippen LogP contribution is -2.28. The molecule has 0 amide bonds. The summed E-state index contributed by atoms with van der Waals surface area (Å²) in [6, 6.07) is 0. The molecule has 0 N–H and O–H groups in total. The molecular formula is C9H21IN2. The molecule has 0 rings (SSSR count). The first-order chi connectivity index (χ1) is 5.56. The van der Waals surface area contributed by atoms with Gasteiger partial charge in [0.25, 0.3) is 0 Å². The van der Waals surface area contributed by atoms with Gasteiger partial charge in [-0.2, -0.15) is 0 Å². The summed E-state index contributed by atoms with van der Waals surface area (Å²) in [6.07, 6.45) is 1.25. The van der Waals surface area contributed by atoms with Crippen molar-refractivity contribution in [3.63, 3.8) is 0 Å². The van der Waals surface area contributed by atoms with Crippen molar-refractivity contribution in [3.8, 4) is 0 Å². The van der Waals surface area contributed by atoms with E-state index in [0.717, 1.165) is 5.92 Å². The fourth-order valence-corrected chi connectivity index (χ4v) is 2.51. The van der Waals surface area contributed by atoms with E-state index < -0.39 is 0 Å². The second-order valence-electron chi connectivity index (χ2n) is 3.74. The predicted molar refractivity (Wildman–Crippen MR) is 63.6 cm³/mol. The maximum atomic E-state index is 2.42. The Bertz CT molecular complexity index is 107. The lowest BCUT2D eigenvalue weighted by molar-refractivity contribution is 0.305. The third kappa shape index (κ3) is 7.31. The van der Waals surface area contributed by atoms with E-state index in [1.807, 2.05) is 0 Å². The van der Waals surface area contributed by atoms with E-state index in [1.54, 1.807) is 0 Å². The van der Waals surface area contributed by atoms with Gasteiger partial charge in [-0.15, -0.1) is 0 Å². The molecule has 0 aliphatic rings. The van der Waals surface area contributed by atoms with Crippen LogP contribution in [0.25, 0.3) is 0 Å². The molecule has 1 unspecified atom stereocenters. The molecular weight excluding hydrogens is 263 g/mol. The number of nitrogens with zero attached hydrogens (tertiary/aromatic N) is 2. The van der Waals surface area contributed by atoms with Crippen LogP contribution in [0, 0.1) is 5.92 Å². The molecule has 0 saturated carbocycles. The van der Waals surface area contributed by atoms with E-state index in [9.17, 15) is 0 Å². The molecule has 0 aliphatic carbocycles. The zero-order valence-electron chi connectivity index (χ0n) is 8.68. The van der Waals surface area contributed by atoms with Crippen molar-refractivity contribution in [2.24, 2.45) is 5.92 Å². The molecule has 74 valence electrons. The first-order valence-corrected chi connectivity index (χ1v) is 5.58. The molecule has 0 aliphatic heterocycles. The SMILES string of the molecule is CCCN(I)CC(C)CN(C)C. The van der Waals surface area contributed by atoms with Crippen LogP contribution < -0.4 is 0 Å². The second-order valence-corrected chi connectivity index (χ2v) is 5.10. The summed E-state index contributed by atoms with van der Waals surface area (Å²) < 4.78 is 2.38. The van der Waals surface area contributed by atoms with Gasteiger partial charge in [0, 0.05) is 42.5 Å². The van der Waals surface area contributed by atoms with E-state index in [0.29, 0.717) is 0 Å². The van der Waals surface area contributed by atoms with E-state index in [1.165, 1.54) is 26.1 Å². The molecule has 12 heavy (non-hydrogen) atoms. The van der Waals surface area contributed by atoms with Crippen LogP contribution in [-0.2, 0) is 0 Å². The minimum absolute atomic E-state index is 0.767. The Kier molecular flexibility index (Phi) is 7.48. The maximum absolute atomic E-state index is 2.42. The highest BCUT2D eigenvalue weighted by molar-refractivity contribution is 14.1. The summed E-state index contributed by atoms with van der Waals surface area (Å²) in [5.74, 6) is 0.767. The van der Waals surface area contributed by atoms with Gasteiger partial charge >= 0.3 is 0 Å². The number of rotatable bonds is 6. The van der Waals surface area contributed by atoms with Crippen LogP contribution in [0.2, 0.25) is 0 Å². The minimum atomic E-state index is 0.767. The lowest BCUT2D eigenvalue weighted by Gasteiger charge is -2.21. The van der Waals surface area contributed by atoms with Gasteiger partial charge < -0.3 is 4.90 Å². The first kappa shape index (κ1) is 12.7. The Labute approximate surface area is 90.8 Å². The second kappa shape index (κ2) is 7.09. The maximum Gasteiger partial charge on any atom is 0.0201 e. The highest BCUT2D eigenvalue weighted by Crippen LogP contribution is 2.06. The predicted octanol–water partition coefficient (Wildman–Crippen LogP) is 2.25. The molecule has 1 atom stereocenters. The average Bonchev–Trinajstić information content (AvgIpc) is 1.84. The minimum Gasteiger partial charge on any atom is -0.309 e. The smallest absolute Gasteiger partial charge is 0.0201 e. The van der Waals surface area contributed by atoms with Gasteiger partial charge in [-0.1, -0.05) is 13.8 Å². The molecule has 0 aromatic rings. The summed E-state index contributed by atoms with van der Waals surface area (Å²) in [4.78, 5) is 2.25. The summed E-state index contributed by atoms with van der Waals surface area (Å²) in [6.45, 7) is 8.12. The fourth-order valence-electron chi connectivity index (χ4n) is 1.35. The molecule has 0 saturated heterocycles. The Morgan fingerprint density at radius 3 is 2.25 bits per heavy atom. The molecule has 0 spiro atoms. The molecule has 3 heteroatoms. The largest absolute Gasteiger partial charge is 0.309 e. The van der Waals surface area contributed by atoms with Gasteiger partial charge in [-0.3, -0.25) is 0 Å². The van der Waals surface area contributed by atoms with E-state index >= 15 is 0 Å². The van der Waals surface area contributed by atoms with E-state index in [2.05, 4.69) is 58.8 Å². The highest BCUT2D eigenvalue weighted by atomic mass is 127. The number of halogens is 1. The van der Waals surface area contributed by atoms with Crippen LogP contribution in [0.1, 0.15) is 20.3 Å². The van der Waals surface area contributed by atoms with Crippen LogP contribution in [0.4, 0.5) is 0 Å². The third-order valence-electron chi connectivity index (χ3n) is 1.65. The first-order valence-electron chi connectivity index (χ1n) is 4.61. The van der Waals surface area contributed by atoms with Gasteiger partial charge in [-0.25, -0.2) is 3.11 Å². The van der Waals surface area contributed by atoms with Crippen molar-refractivity contribution in [2.75, 3.05) is 33.7 Å². The number of hydrogen-bond acceptors (Lipinski definition) is 2. The highest BCUT2D eigenvalue weighted by Gasteiger charge is 2.07. The Balaban J connectivity index is 3.46. The molecule has 0 heterocycles. The van der Waals surface area contributed by atoms with Gasteiger partial charge in [0.1, 0.15) is 0 Å². The van der Waals surface area contributed by atoms with Crippen LogP contribution >= 0.6 is 22.9 Å². The summed E-state index contributed by atoms with van der Waals surface area (Å²) >= 11 is 2.42. The normalized spacial score (nSPS) is 14.2. The van der Waals surface area contributed by atoms with E-state index in [4.69, 9.17) is 0 Å². The number of hydrogen-bond donors (Lipinski definition) is 0. The topological polar surface area (TPSA) is 6.48 Å². The zero-order valence-corrected chi connectivity index (χ0v) is 10.8. The van der Waals surface area contributed by atoms with Crippen molar-refractivity contribution in [2.45, 2.75) is 20.3 Å². The Hall–Kier alpha value is 0.650. The Morgan fingerprint density at radius 1 is 1.25 bits per heavy atom. The Morgan fingerprint density at radius 2 is 1.83 bits per heavy atom. The molecule has 2 nitrogen and oxygen atoms in total. The van der Waals surface area contributed by atoms with Crippen molar-refractivity contribution in [3.05, 3.63) is 0 Å². The van der Waals surface area contributed by atoms with Crippen LogP contribution in [0.5, 0.6) is 0 Å². The van der Waals surface area contributed by atoms with E-state index in [-0.39, 0.29) is 0 Å². The third-order valence-corrected chi connectivity index (χ3v) is 2.53. The molecule has 0 bridgehead atoms. The fraction of sp³-hybridized carbons (Fsp3) is 1.00. The van der Waals surface area contributed by atoms with Crippen LogP contribution in [0.3, 0.4) is 0 Å². The zero-order chi connectivity index (χ0) is 9.56. The van der Waals surface area contributed by atoms with Crippen molar-refractivity contribution < 1.29 is 0 Å². The van der Waals surface area contributed by atoms with Crippen molar-refractivity contribution in [1.82, 2.24) is 8.01 Å². The monoisotopic (exact) mass is 284 g/mol. The van der Waals surface area contributed by atoms with Crippen LogP contribution in [0.15, 0.2) is 0 Å². The van der Waals surface area contributed by atoms with Crippen LogP contribution in [-0.4, -0.2) is 41.7 Å². The molecule has 0 fully saturated rings. The van der Waals surface area contributed by atoms with Gasteiger partial charge in [0.2, 0.25) is 0 Å². The molecule has 0 aromatic carbocycles.